The lowest BCUT2D eigenvalue weighted by molar-refractivity contribution is 0.0693. The largest absolute Gasteiger partial charge is 0.495 e. The van der Waals surface area contributed by atoms with E-state index in [1.807, 2.05) is 0 Å². The number of rotatable bonds is 6. The molecular weight excluding hydrogens is 368 g/mol. The molecule has 0 spiro atoms. The maximum atomic E-state index is 13.2. The number of carbonyl (C=O) groups is 1. The molecule has 0 unspecified atom stereocenters. The van der Waals surface area contributed by atoms with Crippen molar-refractivity contribution in [2.24, 2.45) is 11.8 Å². The Labute approximate surface area is 158 Å². The number of benzene rings is 1. The van der Waals surface area contributed by atoms with Gasteiger partial charge in [0.25, 0.3) is 0 Å². The van der Waals surface area contributed by atoms with E-state index < -0.39 is 15.8 Å². The lowest BCUT2D eigenvalue weighted by atomic mass is 9.98. The van der Waals surface area contributed by atoms with Crippen LogP contribution in [0, 0.1) is 11.8 Å². The van der Waals surface area contributed by atoms with Gasteiger partial charge in [0.15, 0.2) is 9.84 Å². The van der Waals surface area contributed by atoms with Gasteiger partial charge in [-0.1, -0.05) is 6.07 Å². The Hall–Kier alpha value is -2.28. The molecule has 2 saturated carbocycles. The van der Waals surface area contributed by atoms with E-state index in [1.54, 1.807) is 12.1 Å². The summed E-state index contributed by atoms with van der Waals surface area (Å²) in [5.74, 6) is -0.567. The molecule has 0 radical (unpaired) electrons. The van der Waals surface area contributed by atoms with Crippen molar-refractivity contribution in [1.82, 2.24) is 0 Å². The standard InChI is InChI=1S/C20H22O6S/c1-25-18-16(20(21)22)7-6-15(17(18)14-8-9-26-10-14)11-27(23,24)19-12-2-3-13(19)5-4-12/h6-10,12-13,19H,2-5,11H2,1H3,(H,21,22). The lowest BCUT2D eigenvalue weighted by Gasteiger charge is -2.19. The van der Waals surface area contributed by atoms with Crippen LogP contribution in [0.3, 0.4) is 0 Å². The average Bonchev–Trinajstić information content (AvgIpc) is 3.37. The Morgan fingerprint density at radius 3 is 2.37 bits per heavy atom. The number of hydrogen-bond acceptors (Lipinski definition) is 5. The molecule has 0 saturated heterocycles. The number of fused-ring (bicyclic) bond motifs is 2. The van der Waals surface area contributed by atoms with Crippen molar-refractivity contribution < 1.29 is 27.5 Å². The predicted molar refractivity (Wildman–Crippen MR) is 99.5 cm³/mol. The van der Waals surface area contributed by atoms with Crippen LogP contribution < -0.4 is 4.74 Å². The molecule has 6 nitrogen and oxygen atoms in total. The highest BCUT2D eigenvalue weighted by Crippen LogP contribution is 2.49. The van der Waals surface area contributed by atoms with E-state index in [-0.39, 0.29) is 34.2 Å². The molecule has 2 aromatic rings. The molecule has 2 fully saturated rings. The zero-order valence-electron chi connectivity index (χ0n) is 15.1. The Morgan fingerprint density at radius 2 is 1.85 bits per heavy atom. The van der Waals surface area contributed by atoms with Crippen LogP contribution in [0.4, 0.5) is 0 Å². The highest BCUT2D eigenvalue weighted by Gasteiger charge is 2.48. The van der Waals surface area contributed by atoms with Gasteiger partial charge >= 0.3 is 5.97 Å². The van der Waals surface area contributed by atoms with Gasteiger partial charge in [-0.2, -0.15) is 0 Å². The number of aromatic carboxylic acids is 1. The Kier molecular flexibility index (Phi) is 4.50. The minimum Gasteiger partial charge on any atom is -0.495 e. The second-order valence-corrected chi connectivity index (χ2v) is 9.60. The van der Waals surface area contributed by atoms with E-state index in [1.165, 1.54) is 25.7 Å². The molecule has 27 heavy (non-hydrogen) atoms. The molecule has 144 valence electrons. The van der Waals surface area contributed by atoms with Gasteiger partial charge in [-0.05, 0) is 55.2 Å². The van der Waals surface area contributed by atoms with Gasteiger partial charge in [0, 0.05) is 11.1 Å². The number of furan rings is 1. The van der Waals surface area contributed by atoms with E-state index in [9.17, 15) is 18.3 Å². The third kappa shape index (κ3) is 3.04. The van der Waals surface area contributed by atoms with E-state index in [0.29, 0.717) is 16.7 Å². The highest BCUT2D eigenvalue weighted by molar-refractivity contribution is 7.91. The summed E-state index contributed by atoms with van der Waals surface area (Å²) in [6, 6.07) is 4.68. The first-order valence-corrected chi connectivity index (χ1v) is 10.8. The second-order valence-electron chi connectivity index (χ2n) is 7.44. The molecule has 4 rings (SSSR count). The third-order valence-corrected chi connectivity index (χ3v) is 8.32. The van der Waals surface area contributed by atoms with Gasteiger partial charge in [-0.15, -0.1) is 0 Å². The molecule has 2 aliphatic rings. The Bertz CT molecular complexity index is 941. The molecule has 1 heterocycles. The van der Waals surface area contributed by atoms with Gasteiger partial charge in [0.2, 0.25) is 0 Å². The fourth-order valence-corrected chi connectivity index (χ4v) is 7.52. The van der Waals surface area contributed by atoms with Gasteiger partial charge in [-0.25, -0.2) is 13.2 Å². The maximum Gasteiger partial charge on any atom is 0.339 e. The summed E-state index contributed by atoms with van der Waals surface area (Å²) in [7, 11) is -1.96. The first kappa shape index (κ1) is 18.1. The van der Waals surface area contributed by atoms with E-state index in [2.05, 4.69) is 0 Å². The summed E-state index contributed by atoms with van der Waals surface area (Å²) in [6.45, 7) is 0. The second kappa shape index (κ2) is 6.71. The molecule has 1 aromatic heterocycles. The Morgan fingerprint density at radius 1 is 1.19 bits per heavy atom. The quantitative estimate of drug-likeness (QED) is 0.807. The number of carboxylic acid groups (broad SMARTS) is 1. The van der Waals surface area contributed by atoms with Crippen molar-refractivity contribution in [3.63, 3.8) is 0 Å². The zero-order valence-corrected chi connectivity index (χ0v) is 15.9. The van der Waals surface area contributed by atoms with Crippen LogP contribution in [0.5, 0.6) is 5.75 Å². The van der Waals surface area contributed by atoms with Gasteiger partial charge in [0.1, 0.15) is 11.3 Å². The molecule has 0 aliphatic heterocycles. The lowest BCUT2D eigenvalue weighted by Crippen LogP contribution is -2.27. The van der Waals surface area contributed by atoms with Crippen molar-refractivity contribution in [3.8, 4) is 16.9 Å². The molecule has 1 aromatic carbocycles. The molecule has 2 bridgehead atoms. The van der Waals surface area contributed by atoms with Crippen LogP contribution >= 0.6 is 0 Å². The van der Waals surface area contributed by atoms with Crippen LogP contribution in [0.15, 0.2) is 35.1 Å². The van der Waals surface area contributed by atoms with Gasteiger partial charge in [-0.3, -0.25) is 0 Å². The minimum atomic E-state index is -3.35. The van der Waals surface area contributed by atoms with Crippen LogP contribution in [0.25, 0.3) is 11.1 Å². The van der Waals surface area contributed by atoms with E-state index in [4.69, 9.17) is 9.15 Å². The predicted octanol–water partition coefficient (Wildman–Crippen LogP) is 3.76. The van der Waals surface area contributed by atoms with Gasteiger partial charge < -0.3 is 14.3 Å². The summed E-state index contributed by atoms with van der Waals surface area (Å²) >= 11 is 0. The van der Waals surface area contributed by atoms with Crippen LogP contribution in [0.1, 0.15) is 41.6 Å². The van der Waals surface area contributed by atoms with Crippen molar-refractivity contribution >= 4 is 15.8 Å². The molecular formula is C20H22O6S. The zero-order chi connectivity index (χ0) is 19.2. The topological polar surface area (TPSA) is 93.8 Å². The number of carboxylic acids is 1. The van der Waals surface area contributed by atoms with Crippen molar-refractivity contribution in [3.05, 3.63) is 41.9 Å². The summed E-state index contributed by atoms with van der Waals surface area (Å²) in [5, 5.41) is 9.19. The average molecular weight is 390 g/mol. The van der Waals surface area contributed by atoms with E-state index >= 15 is 0 Å². The minimum absolute atomic E-state index is 0.00390. The van der Waals surface area contributed by atoms with Crippen LogP contribution in [0.2, 0.25) is 0 Å². The van der Waals surface area contributed by atoms with Crippen LogP contribution in [-0.4, -0.2) is 31.9 Å². The number of methoxy groups -OCH3 is 1. The number of sulfone groups is 1. The summed E-state index contributed by atoms with van der Waals surface area (Å²) in [6.07, 6.45) is 6.90. The summed E-state index contributed by atoms with van der Waals surface area (Å²) in [4.78, 5) is 11.6. The molecule has 0 amide bonds. The first-order valence-electron chi connectivity index (χ1n) is 9.09. The molecule has 0 atom stereocenters. The number of hydrogen-bond donors (Lipinski definition) is 1. The highest BCUT2D eigenvalue weighted by atomic mass is 32.2. The van der Waals surface area contributed by atoms with E-state index in [0.717, 1.165) is 25.7 Å². The number of ether oxygens (including phenoxy) is 1. The fraction of sp³-hybridized carbons (Fsp3) is 0.450. The van der Waals surface area contributed by atoms with Crippen molar-refractivity contribution in [2.75, 3.05) is 7.11 Å². The molecule has 1 N–H and O–H groups in total. The third-order valence-electron chi connectivity index (χ3n) is 6.01. The normalized spacial score (nSPS) is 24.3. The van der Waals surface area contributed by atoms with Gasteiger partial charge in [0.05, 0.1) is 30.6 Å². The Balaban J connectivity index is 1.80. The van der Waals surface area contributed by atoms with Crippen molar-refractivity contribution in [2.45, 2.75) is 36.7 Å². The summed E-state index contributed by atoms with van der Waals surface area (Å²) < 4.78 is 37.0. The SMILES string of the molecule is COc1c(C(=O)O)ccc(CS(=O)(=O)C2C3CCC2CC3)c1-c1ccoc1. The molecule has 2 aliphatic carbocycles. The van der Waals surface area contributed by atoms with Crippen LogP contribution in [-0.2, 0) is 15.6 Å². The smallest absolute Gasteiger partial charge is 0.339 e. The van der Waals surface area contributed by atoms with Crippen molar-refractivity contribution in [1.29, 1.82) is 0 Å². The maximum absolute atomic E-state index is 13.2. The first-order chi connectivity index (χ1) is 12.9. The molecule has 7 heteroatoms. The monoisotopic (exact) mass is 390 g/mol. The fourth-order valence-electron chi connectivity index (χ4n) is 4.93. The summed E-state index contributed by atoms with van der Waals surface area (Å²) in [5.41, 5.74) is 1.62.